The van der Waals surface area contributed by atoms with E-state index in [2.05, 4.69) is 20.2 Å². The summed E-state index contributed by atoms with van der Waals surface area (Å²) in [4.78, 5) is 24.4. The highest BCUT2D eigenvalue weighted by molar-refractivity contribution is 5.94. The van der Waals surface area contributed by atoms with Gasteiger partial charge in [-0.1, -0.05) is 6.42 Å². The van der Waals surface area contributed by atoms with Crippen LogP contribution in [-0.4, -0.2) is 57.8 Å². The van der Waals surface area contributed by atoms with Crippen LogP contribution in [0.25, 0.3) is 11.3 Å². The van der Waals surface area contributed by atoms with Gasteiger partial charge in [0.1, 0.15) is 11.9 Å². The van der Waals surface area contributed by atoms with Gasteiger partial charge >= 0.3 is 0 Å². The maximum absolute atomic E-state index is 13.4. The van der Waals surface area contributed by atoms with Crippen LogP contribution in [0.15, 0.2) is 36.7 Å². The fourth-order valence-corrected chi connectivity index (χ4v) is 4.54. The van der Waals surface area contributed by atoms with Gasteiger partial charge in [-0.25, -0.2) is 0 Å². The molecule has 1 aliphatic carbocycles. The Hall–Kier alpha value is -3.26. The van der Waals surface area contributed by atoms with Crippen LogP contribution in [-0.2, 0) is 17.6 Å². The monoisotopic (exact) mass is 433 g/mol. The second-order valence-electron chi connectivity index (χ2n) is 8.22. The van der Waals surface area contributed by atoms with Crippen LogP contribution in [0, 0.1) is 0 Å². The van der Waals surface area contributed by atoms with E-state index in [9.17, 15) is 4.79 Å². The van der Waals surface area contributed by atoms with Crippen LogP contribution in [0.3, 0.4) is 0 Å². The Morgan fingerprint density at radius 3 is 2.78 bits per heavy atom. The van der Waals surface area contributed by atoms with E-state index in [4.69, 9.17) is 9.47 Å². The SMILES string of the molecule is COc1ccc(-c2nccnc2[C@H]2CN(C(=O)c3n[nH]c4c3CCCCC4)CCO2)cc1. The number of aromatic amines is 1. The van der Waals surface area contributed by atoms with Crippen molar-refractivity contribution in [1.29, 1.82) is 0 Å². The molecule has 0 bridgehead atoms. The molecule has 32 heavy (non-hydrogen) atoms. The molecule has 1 saturated heterocycles. The molecule has 1 amide bonds. The van der Waals surface area contributed by atoms with Crippen molar-refractivity contribution in [2.75, 3.05) is 26.8 Å². The molecule has 2 aromatic heterocycles. The highest BCUT2D eigenvalue weighted by Gasteiger charge is 2.32. The number of fused-ring (bicyclic) bond motifs is 1. The van der Waals surface area contributed by atoms with E-state index in [0.717, 1.165) is 59.6 Å². The largest absolute Gasteiger partial charge is 0.497 e. The third kappa shape index (κ3) is 3.98. The van der Waals surface area contributed by atoms with Gasteiger partial charge in [-0.15, -0.1) is 0 Å². The van der Waals surface area contributed by atoms with Gasteiger partial charge in [0.25, 0.3) is 5.91 Å². The molecule has 0 spiro atoms. The lowest BCUT2D eigenvalue weighted by Gasteiger charge is -2.33. The lowest BCUT2D eigenvalue weighted by Crippen LogP contribution is -2.43. The summed E-state index contributed by atoms with van der Waals surface area (Å²) in [5, 5.41) is 7.50. The van der Waals surface area contributed by atoms with E-state index in [1.54, 1.807) is 19.5 Å². The standard InChI is InChI=1S/C24H27N5O3/c1-31-17-9-7-16(8-10-17)21-23(26-12-11-25-21)20-15-29(13-14-32-20)24(30)22-18-5-3-2-4-6-19(18)27-28-22/h7-12,20H,2-6,13-15H2,1H3,(H,27,28)/t20-/m1/s1. The van der Waals surface area contributed by atoms with E-state index in [-0.39, 0.29) is 12.0 Å². The molecule has 1 fully saturated rings. The number of rotatable bonds is 4. The van der Waals surface area contributed by atoms with Gasteiger partial charge in [0.15, 0.2) is 5.69 Å². The highest BCUT2D eigenvalue weighted by atomic mass is 16.5. The van der Waals surface area contributed by atoms with E-state index in [0.29, 0.717) is 25.4 Å². The first-order chi connectivity index (χ1) is 15.7. The van der Waals surface area contributed by atoms with Gasteiger partial charge in [-0.05, 0) is 49.9 Å². The number of benzene rings is 1. The Morgan fingerprint density at radius 1 is 1.12 bits per heavy atom. The fourth-order valence-electron chi connectivity index (χ4n) is 4.54. The summed E-state index contributed by atoms with van der Waals surface area (Å²) in [6.45, 7) is 1.40. The third-order valence-corrected chi connectivity index (χ3v) is 6.26. The Kier molecular flexibility index (Phi) is 5.85. The molecule has 0 unspecified atom stereocenters. The van der Waals surface area contributed by atoms with Crippen molar-refractivity contribution in [3.63, 3.8) is 0 Å². The van der Waals surface area contributed by atoms with Crippen LogP contribution >= 0.6 is 0 Å². The molecule has 0 radical (unpaired) electrons. The number of amides is 1. The van der Waals surface area contributed by atoms with Crippen LogP contribution in [0.2, 0.25) is 0 Å². The average molecular weight is 434 g/mol. The molecule has 1 aliphatic heterocycles. The normalized spacial score (nSPS) is 18.7. The Balaban J connectivity index is 1.39. The molecule has 8 nitrogen and oxygen atoms in total. The number of nitrogens with zero attached hydrogens (tertiary/aromatic N) is 4. The topological polar surface area (TPSA) is 93.2 Å². The molecule has 5 rings (SSSR count). The predicted octanol–water partition coefficient (Wildman–Crippen LogP) is 3.36. The minimum Gasteiger partial charge on any atom is -0.497 e. The first-order valence-electron chi connectivity index (χ1n) is 11.2. The zero-order valence-electron chi connectivity index (χ0n) is 18.2. The molecule has 0 saturated carbocycles. The summed E-state index contributed by atoms with van der Waals surface area (Å²) < 4.78 is 11.3. The molecular formula is C24H27N5O3. The lowest BCUT2D eigenvalue weighted by atomic mass is 10.0. The minimum absolute atomic E-state index is 0.0346. The lowest BCUT2D eigenvalue weighted by molar-refractivity contribution is -0.0248. The van der Waals surface area contributed by atoms with Gasteiger partial charge < -0.3 is 14.4 Å². The Labute approximate surface area is 187 Å². The third-order valence-electron chi connectivity index (χ3n) is 6.26. The molecule has 1 N–H and O–H groups in total. The van der Waals surface area contributed by atoms with Crippen LogP contribution in [0.4, 0.5) is 0 Å². The molecular weight excluding hydrogens is 406 g/mol. The van der Waals surface area contributed by atoms with Crippen LogP contribution in [0.5, 0.6) is 5.75 Å². The zero-order valence-corrected chi connectivity index (χ0v) is 18.2. The zero-order chi connectivity index (χ0) is 21.9. The van der Waals surface area contributed by atoms with Crippen LogP contribution in [0.1, 0.15) is 52.8 Å². The van der Waals surface area contributed by atoms with E-state index in [1.807, 2.05) is 29.2 Å². The number of methoxy groups -OCH3 is 1. The van der Waals surface area contributed by atoms with Gasteiger partial charge in [-0.3, -0.25) is 19.9 Å². The van der Waals surface area contributed by atoms with Crippen molar-refractivity contribution < 1.29 is 14.3 Å². The van der Waals surface area contributed by atoms with Crippen molar-refractivity contribution in [3.8, 4) is 17.0 Å². The van der Waals surface area contributed by atoms with Gasteiger partial charge in [-0.2, -0.15) is 5.10 Å². The second-order valence-corrected chi connectivity index (χ2v) is 8.22. The van der Waals surface area contributed by atoms with Crippen molar-refractivity contribution in [2.45, 2.75) is 38.2 Å². The number of carbonyl (C=O) groups is 1. The number of carbonyl (C=O) groups excluding carboxylic acids is 1. The van der Waals surface area contributed by atoms with Gasteiger partial charge in [0.05, 0.1) is 31.6 Å². The number of morpholine rings is 1. The maximum Gasteiger partial charge on any atom is 0.274 e. The van der Waals surface area contributed by atoms with E-state index in [1.165, 1.54) is 6.42 Å². The number of ether oxygens (including phenoxy) is 2. The number of nitrogens with one attached hydrogen (secondary N) is 1. The molecule has 1 atom stereocenters. The summed E-state index contributed by atoms with van der Waals surface area (Å²) in [6, 6.07) is 7.71. The molecule has 3 heterocycles. The van der Waals surface area contributed by atoms with Gasteiger partial charge in [0.2, 0.25) is 0 Å². The summed E-state index contributed by atoms with van der Waals surface area (Å²) >= 11 is 0. The molecule has 166 valence electrons. The molecule has 8 heteroatoms. The quantitative estimate of drug-likeness (QED) is 0.634. The van der Waals surface area contributed by atoms with Gasteiger partial charge in [0, 0.05) is 35.8 Å². The molecule has 3 aromatic rings. The van der Waals surface area contributed by atoms with Crippen molar-refractivity contribution in [2.24, 2.45) is 0 Å². The number of H-pyrrole nitrogens is 1. The van der Waals surface area contributed by atoms with E-state index >= 15 is 0 Å². The minimum atomic E-state index is -0.351. The summed E-state index contributed by atoms with van der Waals surface area (Å²) in [6.07, 6.45) is 8.30. The number of hydrogen-bond acceptors (Lipinski definition) is 6. The van der Waals surface area contributed by atoms with Crippen LogP contribution < -0.4 is 4.74 Å². The smallest absolute Gasteiger partial charge is 0.274 e. The molecule has 1 aromatic carbocycles. The average Bonchev–Trinajstić information content (AvgIpc) is 3.11. The van der Waals surface area contributed by atoms with Crippen molar-refractivity contribution >= 4 is 5.91 Å². The Bertz CT molecular complexity index is 1100. The van der Waals surface area contributed by atoms with E-state index < -0.39 is 0 Å². The first-order valence-corrected chi connectivity index (χ1v) is 11.2. The fraction of sp³-hybridized carbons (Fsp3) is 0.417. The summed E-state index contributed by atoms with van der Waals surface area (Å²) in [7, 11) is 1.64. The molecule has 2 aliphatic rings. The Morgan fingerprint density at radius 2 is 1.94 bits per heavy atom. The highest BCUT2D eigenvalue weighted by Crippen LogP contribution is 2.31. The summed E-state index contributed by atoms with van der Waals surface area (Å²) in [5.41, 5.74) is 5.19. The maximum atomic E-state index is 13.4. The first kappa shape index (κ1) is 20.6. The predicted molar refractivity (Wildman–Crippen MR) is 118 cm³/mol. The summed E-state index contributed by atoms with van der Waals surface area (Å²) in [5.74, 6) is 0.746. The van der Waals surface area contributed by atoms with Crippen molar-refractivity contribution in [1.82, 2.24) is 25.1 Å². The second kappa shape index (κ2) is 9.08. The van der Waals surface area contributed by atoms with Crippen molar-refractivity contribution in [3.05, 3.63) is 59.3 Å². The number of aryl methyl sites for hydroxylation is 1. The number of hydrogen-bond donors (Lipinski definition) is 1. The number of aromatic nitrogens is 4.